The summed E-state index contributed by atoms with van der Waals surface area (Å²) >= 11 is 0. The van der Waals surface area contributed by atoms with Gasteiger partial charge < -0.3 is 0 Å². The number of aryl methyl sites for hydroxylation is 3. The number of nitrogens with zero attached hydrogens (tertiary/aromatic N) is 1. The standard InChI is InChI=1S/C20H25NO3S/c1-5-16-9-8-10-17(6-2)20(16)21(19(22)7-3)25(23,24)18-13-11-15(4)12-14-18/h8-14H,5-7H2,1-4H3. The number of sulfonamides is 1. The number of carbonyl (C=O) groups excluding carboxylic acids is 1. The van der Waals surface area contributed by atoms with Gasteiger partial charge in [-0.1, -0.05) is 56.7 Å². The highest BCUT2D eigenvalue weighted by Gasteiger charge is 2.32. The maximum absolute atomic E-state index is 13.3. The normalized spacial score (nSPS) is 11.4. The largest absolute Gasteiger partial charge is 0.273 e. The molecule has 0 bridgehead atoms. The number of anilines is 1. The molecule has 0 N–H and O–H groups in total. The van der Waals surface area contributed by atoms with Gasteiger partial charge in [-0.3, -0.25) is 4.79 Å². The zero-order valence-corrected chi connectivity index (χ0v) is 16.1. The van der Waals surface area contributed by atoms with E-state index in [9.17, 15) is 13.2 Å². The van der Waals surface area contributed by atoms with Gasteiger partial charge in [-0.25, -0.2) is 12.7 Å². The molecule has 0 aliphatic rings. The van der Waals surface area contributed by atoms with Crippen LogP contribution >= 0.6 is 0 Å². The van der Waals surface area contributed by atoms with Gasteiger partial charge in [-0.2, -0.15) is 0 Å². The minimum absolute atomic E-state index is 0.117. The Morgan fingerprint density at radius 3 is 1.88 bits per heavy atom. The predicted molar refractivity (Wildman–Crippen MR) is 101 cm³/mol. The van der Waals surface area contributed by atoms with Crippen LogP contribution in [0.3, 0.4) is 0 Å². The van der Waals surface area contributed by atoms with Crippen LogP contribution in [0.2, 0.25) is 0 Å². The van der Waals surface area contributed by atoms with E-state index in [-0.39, 0.29) is 11.3 Å². The number of hydrogen-bond donors (Lipinski definition) is 0. The van der Waals surface area contributed by atoms with Gasteiger partial charge in [0.25, 0.3) is 10.0 Å². The highest BCUT2D eigenvalue weighted by atomic mass is 32.2. The number of benzene rings is 2. The molecule has 5 heteroatoms. The van der Waals surface area contributed by atoms with E-state index in [2.05, 4.69) is 0 Å². The quantitative estimate of drug-likeness (QED) is 0.775. The van der Waals surface area contributed by atoms with E-state index in [4.69, 9.17) is 0 Å². The van der Waals surface area contributed by atoms with Crippen LogP contribution in [0.25, 0.3) is 0 Å². The van der Waals surface area contributed by atoms with Crippen LogP contribution in [0.5, 0.6) is 0 Å². The van der Waals surface area contributed by atoms with Gasteiger partial charge in [0.05, 0.1) is 10.6 Å². The summed E-state index contributed by atoms with van der Waals surface area (Å²) in [7, 11) is -3.96. The van der Waals surface area contributed by atoms with E-state index in [1.165, 1.54) is 0 Å². The van der Waals surface area contributed by atoms with Crippen LogP contribution < -0.4 is 4.31 Å². The van der Waals surface area contributed by atoms with Crippen molar-refractivity contribution in [3.05, 3.63) is 59.2 Å². The van der Waals surface area contributed by atoms with Crippen molar-refractivity contribution in [2.24, 2.45) is 0 Å². The minimum Gasteiger partial charge on any atom is -0.273 e. The zero-order chi connectivity index (χ0) is 18.6. The SMILES string of the molecule is CCC(=O)N(c1c(CC)cccc1CC)S(=O)(=O)c1ccc(C)cc1. The van der Waals surface area contributed by atoms with Crippen LogP contribution in [0.15, 0.2) is 47.4 Å². The van der Waals surface area contributed by atoms with Crippen LogP contribution in [0.4, 0.5) is 5.69 Å². The number of hydrogen-bond acceptors (Lipinski definition) is 3. The molecule has 4 nitrogen and oxygen atoms in total. The number of rotatable bonds is 6. The Hall–Kier alpha value is -2.14. The van der Waals surface area contributed by atoms with E-state index in [1.807, 2.05) is 39.0 Å². The maximum atomic E-state index is 13.3. The second-order valence-electron chi connectivity index (χ2n) is 5.96. The molecule has 0 heterocycles. The number of amides is 1. The lowest BCUT2D eigenvalue weighted by Crippen LogP contribution is -2.38. The molecular formula is C20H25NO3S. The molecule has 0 unspecified atom stereocenters. The molecule has 2 aromatic rings. The molecule has 0 aliphatic heterocycles. The summed E-state index contributed by atoms with van der Waals surface area (Å²) in [6, 6.07) is 12.3. The third-order valence-corrected chi connectivity index (χ3v) is 5.99. The molecule has 1 amide bonds. The second kappa shape index (κ2) is 7.83. The lowest BCUT2D eigenvalue weighted by Gasteiger charge is -2.27. The van der Waals surface area contributed by atoms with Crippen LogP contribution in [-0.4, -0.2) is 14.3 Å². The van der Waals surface area contributed by atoms with Crippen LogP contribution in [0.1, 0.15) is 43.9 Å². The second-order valence-corrected chi connectivity index (χ2v) is 7.75. The van der Waals surface area contributed by atoms with Gasteiger partial charge in [0.1, 0.15) is 0 Å². The monoisotopic (exact) mass is 359 g/mol. The Morgan fingerprint density at radius 1 is 0.920 bits per heavy atom. The van der Waals surface area contributed by atoms with Crippen molar-refractivity contribution >= 4 is 21.6 Å². The predicted octanol–water partition coefficient (Wildman–Crippen LogP) is 4.25. The highest BCUT2D eigenvalue weighted by molar-refractivity contribution is 7.93. The lowest BCUT2D eigenvalue weighted by molar-refractivity contribution is -0.117. The fourth-order valence-electron chi connectivity index (χ4n) is 2.81. The van der Waals surface area contributed by atoms with Crippen LogP contribution in [0, 0.1) is 6.92 Å². The molecule has 0 aromatic heterocycles. The van der Waals surface area contributed by atoms with Crippen molar-refractivity contribution in [2.75, 3.05) is 4.31 Å². The summed E-state index contributed by atoms with van der Waals surface area (Å²) in [5.74, 6) is -0.420. The molecular weight excluding hydrogens is 334 g/mol. The first kappa shape index (κ1) is 19.2. The summed E-state index contributed by atoms with van der Waals surface area (Å²) in [5, 5.41) is 0. The third-order valence-electron chi connectivity index (χ3n) is 4.26. The van der Waals surface area contributed by atoms with Gasteiger partial charge in [0.2, 0.25) is 5.91 Å². The first-order chi connectivity index (χ1) is 11.9. The number of carbonyl (C=O) groups is 1. The molecule has 0 spiro atoms. The molecule has 2 aromatic carbocycles. The average molecular weight is 359 g/mol. The van der Waals surface area contributed by atoms with Crippen molar-refractivity contribution in [3.63, 3.8) is 0 Å². The van der Waals surface area contributed by atoms with Gasteiger partial charge in [-0.15, -0.1) is 0 Å². The first-order valence-corrected chi connectivity index (χ1v) is 10.1. The molecule has 0 saturated heterocycles. The highest BCUT2D eigenvalue weighted by Crippen LogP contribution is 2.32. The van der Waals surface area contributed by atoms with E-state index in [0.717, 1.165) is 21.0 Å². The van der Waals surface area contributed by atoms with E-state index in [1.54, 1.807) is 31.2 Å². The van der Waals surface area contributed by atoms with E-state index in [0.29, 0.717) is 18.5 Å². The lowest BCUT2D eigenvalue weighted by atomic mass is 10.0. The van der Waals surface area contributed by atoms with E-state index >= 15 is 0 Å². The maximum Gasteiger partial charge on any atom is 0.270 e. The molecule has 134 valence electrons. The average Bonchev–Trinajstić information content (AvgIpc) is 2.61. The summed E-state index contributed by atoms with van der Waals surface area (Å²) in [5.41, 5.74) is 3.20. The summed E-state index contributed by atoms with van der Waals surface area (Å²) in [6.45, 7) is 7.50. The zero-order valence-electron chi connectivity index (χ0n) is 15.2. The molecule has 0 fully saturated rings. The van der Waals surface area contributed by atoms with Gasteiger partial charge in [-0.05, 0) is 43.0 Å². The van der Waals surface area contributed by atoms with Crippen molar-refractivity contribution in [3.8, 4) is 0 Å². The van der Waals surface area contributed by atoms with Crippen molar-refractivity contribution in [1.29, 1.82) is 0 Å². The van der Waals surface area contributed by atoms with Crippen LogP contribution in [-0.2, 0) is 27.7 Å². The Kier molecular flexibility index (Phi) is 6.01. The Labute approximate surface area is 150 Å². The topological polar surface area (TPSA) is 54.5 Å². The van der Waals surface area contributed by atoms with Gasteiger partial charge in [0.15, 0.2) is 0 Å². The molecule has 2 rings (SSSR count). The molecule has 0 aliphatic carbocycles. The Balaban J connectivity index is 2.74. The fraction of sp³-hybridized carbons (Fsp3) is 0.350. The van der Waals surface area contributed by atoms with Crippen molar-refractivity contribution in [2.45, 2.75) is 51.9 Å². The Morgan fingerprint density at radius 2 is 1.44 bits per heavy atom. The molecule has 25 heavy (non-hydrogen) atoms. The van der Waals surface area contributed by atoms with Crippen molar-refractivity contribution in [1.82, 2.24) is 0 Å². The molecule has 0 radical (unpaired) electrons. The van der Waals surface area contributed by atoms with Gasteiger partial charge in [0, 0.05) is 6.42 Å². The summed E-state index contributed by atoms with van der Waals surface area (Å²) in [6.07, 6.45) is 1.42. The Bertz CT molecular complexity index is 833. The van der Waals surface area contributed by atoms with E-state index < -0.39 is 15.9 Å². The summed E-state index contributed by atoms with van der Waals surface area (Å²) in [4.78, 5) is 12.8. The fourth-order valence-corrected chi connectivity index (χ4v) is 4.38. The smallest absolute Gasteiger partial charge is 0.270 e. The third kappa shape index (κ3) is 3.76. The number of para-hydroxylation sites is 1. The van der Waals surface area contributed by atoms with Gasteiger partial charge >= 0.3 is 0 Å². The van der Waals surface area contributed by atoms with Crippen molar-refractivity contribution < 1.29 is 13.2 Å². The minimum atomic E-state index is -3.96. The first-order valence-electron chi connectivity index (χ1n) is 8.62. The molecule has 0 atom stereocenters. The summed E-state index contributed by atoms with van der Waals surface area (Å²) < 4.78 is 27.6. The molecule has 0 saturated carbocycles.